The molecule has 0 saturated carbocycles. The summed E-state index contributed by atoms with van der Waals surface area (Å²) in [5.41, 5.74) is 0. The van der Waals surface area contributed by atoms with E-state index in [2.05, 4.69) is 22.4 Å². The Morgan fingerprint density at radius 2 is 2.29 bits per heavy atom. The van der Waals surface area contributed by atoms with E-state index in [1.54, 1.807) is 6.92 Å². The van der Waals surface area contributed by atoms with Gasteiger partial charge in [0.15, 0.2) is 0 Å². The van der Waals surface area contributed by atoms with Crippen molar-refractivity contribution in [2.75, 3.05) is 13.2 Å². The average Bonchev–Trinajstić information content (AvgIpc) is 2.58. The lowest BCUT2D eigenvalue weighted by Crippen LogP contribution is -2.30. The maximum absolute atomic E-state index is 5.26. The zero-order valence-electron chi connectivity index (χ0n) is 8.91. The van der Waals surface area contributed by atoms with Gasteiger partial charge >= 0.3 is 0 Å². The highest BCUT2D eigenvalue weighted by Gasteiger charge is 2.05. The summed E-state index contributed by atoms with van der Waals surface area (Å²) in [6.07, 6.45) is 0. The molecular weight excluding hydrogens is 182 g/mol. The van der Waals surface area contributed by atoms with Gasteiger partial charge in [-0.2, -0.15) is 0 Å². The smallest absolute Gasteiger partial charge is 0.230 e. The van der Waals surface area contributed by atoms with Crippen LogP contribution in [0.3, 0.4) is 0 Å². The molecule has 1 atom stereocenters. The number of nitrogens with one attached hydrogen (secondary N) is 1. The van der Waals surface area contributed by atoms with Crippen molar-refractivity contribution in [3.05, 3.63) is 11.8 Å². The maximum atomic E-state index is 5.26. The molecule has 0 saturated heterocycles. The fraction of sp³-hybridized carbons (Fsp3) is 0.778. The standard InChI is InChI=1S/C9H17N3O2/c1-4-13-6-7(2)10-5-9-12-11-8(3)14-9/h7,10H,4-6H2,1-3H3. The number of nitrogens with zero attached hydrogens (tertiary/aromatic N) is 2. The Morgan fingerprint density at radius 3 is 2.86 bits per heavy atom. The SMILES string of the molecule is CCOCC(C)NCc1nnc(C)o1. The van der Waals surface area contributed by atoms with Gasteiger partial charge < -0.3 is 14.5 Å². The number of hydrogen-bond acceptors (Lipinski definition) is 5. The molecule has 0 aliphatic carbocycles. The summed E-state index contributed by atoms with van der Waals surface area (Å²) >= 11 is 0. The minimum absolute atomic E-state index is 0.294. The van der Waals surface area contributed by atoms with Crippen LogP contribution < -0.4 is 5.32 Å². The van der Waals surface area contributed by atoms with Gasteiger partial charge in [0, 0.05) is 19.6 Å². The van der Waals surface area contributed by atoms with E-state index in [1.807, 2.05) is 6.92 Å². The first-order valence-corrected chi connectivity index (χ1v) is 4.82. The molecule has 1 unspecified atom stereocenters. The van der Waals surface area contributed by atoms with Crippen LogP contribution in [0.15, 0.2) is 4.42 Å². The minimum atomic E-state index is 0.294. The second-order valence-electron chi connectivity index (χ2n) is 3.16. The molecule has 0 bridgehead atoms. The summed E-state index contributed by atoms with van der Waals surface area (Å²) < 4.78 is 10.5. The first kappa shape index (κ1) is 11.1. The molecule has 0 aliphatic heterocycles. The van der Waals surface area contributed by atoms with E-state index in [0.717, 1.165) is 6.61 Å². The lowest BCUT2D eigenvalue weighted by atomic mass is 10.3. The molecule has 0 aromatic carbocycles. The molecule has 0 spiro atoms. The Balaban J connectivity index is 2.20. The highest BCUT2D eigenvalue weighted by atomic mass is 16.5. The van der Waals surface area contributed by atoms with E-state index in [-0.39, 0.29) is 0 Å². The quantitative estimate of drug-likeness (QED) is 0.737. The molecule has 1 rings (SSSR count). The summed E-state index contributed by atoms with van der Waals surface area (Å²) in [6.45, 7) is 7.84. The number of hydrogen-bond donors (Lipinski definition) is 1. The van der Waals surface area contributed by atoms with Crippen molar-refractivity contribution in [2.45, 2.75) is 33.4 Å². The van der Waals surface area contributed by atoms with Crippen molar-refractivity contribution in [1.29, 1.82) is 0 Å². The van der Waals surface area contributed by atoms with Gasteiger partial charge in [0.25, 0.3) is 0 Å². The van der Waals surface area contributed by atoms with E-state index >= 15 is 0 Å². The van der Waals surface area contributed by atoms with E-state index in [0.29, 0.717) is 31.0 Å². The minimum Gasteiger partial charge on any atom is -0.424 e. The number of aryl methyl sites for hydroxylation is 1. The molecule has 5 heteroatoms. The molecule has 1 aromatic rings. The maximum Gasteiger partial charge on any atom is 0.230 e. The zero-order valence-corrected chi connectivity index (χ0v) is 8.91. The van der Waals surface area contributed by atoms with E-state index < -0.39 is 0 Å². The highest BCUT2D eigenvalue weighted by Crippen LogP contribution is 1.97. The molecule has 1 aromatic heterocycles. The van der Waals surface area contributed by atoms with E-state index in [1.165, 1.54) is 0 Å². The molecule has 1 heterocycles. The van der Waals surface area contributed by atoms with Gasteiger partial charge in [-0.1, -0.05) is 0 Å². The van der Waals surface area contributed by atoms with Crippen LogP contribution in [0.4, 0.5) is 0 Å². The van der Waals surface area contributed by atoms with Crippen LogP contribution in [0.2, 0.25) is 0 Å². The molecule has 14 heavy (non-hydrogen) atoms. The van der Waals surface area contributed by atoms with E-state index in [4.69, 9.17) is 9.15 Å². The predicted octanol–water partition coefficient (Wildman–Crippen LogP) is 0.893. The van der Waals surface area contributed by atoms with E-state index in [9.17, 15) is 0 Å². The van der Waals surface area contributed by atoms with Crippen molar-refractivity contribution in [2.24, 2.45) is 0 Å². The molecule has 1 N–H and O–H groups in total. The van der Waals surface area contributed by atoms with Crippen molar-refractivity contribution >= 4 is 0 Å². The Bertz CT molecular complexity index is 262. The Morgan fingerprint density at radius 1 is 1.50 bits per heavy atom. The summed E-state index contributed by atoms with van der Waals surface area (Å²) in [7, 11) is 0. The first-order valence-electron chi connectivity index (χ1n) is 4.82. The molecule has 80 valence electrons. The van der Waals surface area contributed by atoms with Crippen LogP contribution in [0.5, 0.6) is 0 Å². The summed E-state index contributed by atoms with van der Waals surface area (Å²) in [5, 5.41) is 10.8. The fourth-order valence-electron chi connectivity index (χ4n) is 1.02. The largest absolute Gasteiger partial charge is 0.424 e. The van der Waals surface area contributed by atoms with Crippen LogP contribution in [-0.4, -0.2) is 29.5 Å². The van der Waals surface area contributed by atoms with Crippen LogP contribution in [0.25, 0.3) is 0 Å². The zero-order chi connectivity index (χ0) is 10.4. The molecule has 5 nitrogen and oxygen atoms in total. The van der Waals surface area contributed by atoms with Gasteiger partial charge in [0.2, 0.25) is 11.8 Å². The van der Waals surface area contributed by atoms with Gasteiger partial charge in [-0.05, 0) is 13.8 Å². The fourth-order valence-corrected chi connectivity index (χ4v) is 1.02. The third-order valence-electron chi connectivity index (χ3n) is 1.74. The lowest BCUT2D eigenvalue weighted by molar-refractivity contribution is 0.126. The van der Waals surface area contributed by atoms with Crippen LogP contribution in [0.1, 0.15) is 25.6 Å². The topological polar surface area (TPSA) is 60.2 Å². The number of ether oxygens (including phenoxy) is 1. The third-order valence-corrected chi connectivity index (χ3v) is 1.74. The first-order chi connectivity index (χ1) is 6.72. The summed E-state index contributed by atoms with van der Waals surface area (Å²) in [5.74, 6) is 1.21. The highest BCUT2D eigenvalue weighted by molar-refractivity contribution is 4.78. The van der Waals surface area contributed by atoms with Gasteiger partial charge in [-0.25, -0.2) is 0 Å². The van der Waals surface area contributed by atoms with Crippen molar-refractivity contribution < 1.29 is 9.15 Å². The molecule has 0 amide bonds. The Kier molecular flexibility index (Phi) is 4.55. The average molecular weight is 199 g/mol. The van der Waals surface area contributed by atoms with Gasteiger partial charge in [-0.15, -0.1) is 10.2 Å². The van der Waals surface area contributed by atoms with Gasteiger partial charge in [0.05, 0.1) is 13.2 Å². The molecule has 0 fully saturated rings. The van der Waals surface area contributed by atoms with Crippen molar-refractivity contribution in [3.8, 4) is 0 Å². The van der Waals surface area contributed by atoms with Crippen molar-refractivity contribution in [1.82, 2.24) is 15.5 Å². The molecular formula is C9H17N3O2. The predicted molar refractivity (Wildman–Crippen MR) is 51.8 cm³/mol. The lowest BCUT2D eigenvalue weighted by Gasteiger charge is -2.11. The van der Waals surface area contributed by atoms with Crippen LogP contribution >= 0.6 is 0 Å². The Hall–Kier alpha value is -0.940. The normalized spacial score (nSPS) is 13.1. The molecule has 0 radical (unpaired) electrons. The second kappa shape index (κ2) is 5.72. The Labute approximate surface area is 83.9 Å². The third kappa shape index (κ3) is 3.85. The number of aromatic nitrogens is 2. The second-order valence-corrected chi connectivity index (χ2v) is 3.16. The monoisotopic (exact) mass is 199 g/mol. The number of rotatable bonds is 6. The summed E-state index contributed by atoms with van der Waals surface area (Å²) in [6, 6.07) is 0.294. The van der Waals surface area contributed by atoms with Crippen LogP contribution in [-0.2, 0) is 11.3 Å². The summed E-state index contributed by atoms with van der Waals surface area (Å²) in [4.78, 5) is 0. The van der Waals surface area contributed by atoms with Gasteiger partial charge in [-0.3, -0.25) is 0 Å². The van der Waals surface area contributed by atoms with Crippen LogP contribution in [0, 0.1) is 6.92 Å². The van der Waals surface area contributed by atoms with Gasteiger partial charge in [0.1, 0.15) is 0 Å². The van der Waals surface area contributed by atoms with Crippen molar-refractivity contribution in [3.63, 3.8) is 0 Å². The molecule has 0 aliphatic rings.